The predicted molar refractivity (Wildman–Crippen MR) is 105 cm³/mol. The second kappa shape index (κ2) is 8.21. The van der Waals surface area contributed by atoms with Gasteiger partial charge in [0.2, 0.25) is 17.7 Å². The largest absolute Gasteiger partial charge is 0.481 e. The third-order valence-electron chi connectivity index (χ3n) is 5.70. The lowest BCUT2D eigenvalue weighted by Crippen LogP contribution is -2.64. The molecule has 0 aliphatic carbocycles. The number of carbonyl (C=O) groups excluding carboxylic acids is 1. The van der Waals surface area contributed by atoms with Gasteiger partial charge in [0.25, 0.3) is 0 Å². The Bertz CT molecular complexity index is 687. The average Bonchev–Trinajstić information content (AvgIpc) is 2.64. The SMILES string of the molecule is COc1ccnc(N2CCC3(CC2)C[C@](C)(O)[C@@H](NC(=O)CC(C)C)CO3)n1. The summed E-state index contributed by atoms with van der Waals surface area (Å²) < 4.78 is 11.4. The summed E-state index contributed by atoms with van der Waals surface area (Å²) in [5.41, 5.74) is -1.38. The molecule has 8 nitrogen and oxygen atoms in total. The van der Waals surface area contributed by atoms with Crippen molar-refractivity contribution in [3.05, 3.63) is 12.3 Å². The lowest BCUT2D eigenvalue weighted by atomic mass is 9.75. The number of hydrogen-bond acceptors (Lipinski definition) is 7. The van der Waals surface area contributed by atoms with E-state index in [1.807, 2.05) is 13.8 Å². The molecule has 0 aromatic carbocycles. The van der Waals surface area contributed by atoms with E-state index in [0.29, 0.717) is 31.3 Å². The molecule has 1 aromatic heterocycles. The van der Waals surface area contributed by atoms with E-state index in [1.54, 1.807) is 26.3 Å². The van der Waals surface area contributed by atoms with E-state index in [9.17, 15) is 9.90 Å². The standard InChI is InChI=1S/C20H32N4O4/c1-14(2)11-16(25)22-15-12-28-20(13-19(15,3)26)6-9-24(10-7-20)18-21-8-5-17(23-18)27-4/h5,8,14-15,26H,6-7,9-13H2,1-4H3,(H,22,25)/t15-,19-/m0/s1. The van der Waals surface area contributed by atoms with E-state index in [-0.39, 0.29) is 23.5 Å². The van der Waals surface area contributed by atoms with E-state index in [2.05, 4.69) is 20.2 Å². The third-order valence-corrected chi connectivity index (χ3v) is 5.70. The van der Waals surface area contributed by atoms with Gasteiger partial charge >= 0.3 is 0 Å². The van der Waals surface area contributed by atoms with Gasteiger partial charge in [-0.15, -0.1) is 0 Å². The number of piperidine rings is 1. The van der Waals surface area contributed by atoms with Crippen LogP contribution in [0.3, 0.4) is 0 Å². The number of anilines is 1. The van der Waals surface area contributed by atoms with E-state index < -0.39 is 5.60 Å². The summed E-state index contributed by atoms with van der Waals surface area (Å²) in [4.78, 5) is 23.0. The van der Waals surface area contributed by atoms with Crippen LogP contribution in [0, 0.1) is 5.92 Å². The molecule has 2 atom stereocenters. The maximum atomic E-state index is 12.1. The van der Waals surface area contributed by atoms with E-state index in [0.717, 1.165) is 25.9 Å². The second-order valence-corrected chi connectivity index (χ2v) is 8.63. The highest BCUT2D eigenvalue weighted by Gasteiger charge is 2.49. The summed E-state index contributed by atoms with van der Waals surface area (Å²) in [6.07, 6.45) is 4.19. The molecular weight excluding hydrogens is 360 g/mol. The van der Waals surface area contributed by atoms with E-state index in [1.165, 1.54) is 0 Å². The van der Waals surface area contributed by atoms with Crippen LogP contribution in [-0.2, 0) is 9.53 Å². The molecule has 0 bridgehead atoms. The predicted octanol–water partition coefficient (Wildman–Crippen LogP) is 1.53. The van der Waals surface area contributed by atoms with Crippen molar-refractivity contribution in [2.45, 2.75) is 63.7 Å². The lowest BCUT2D eigenvalue weighted by molar-refractivity contribution is -0.181. The Hall–Kier alpha value is -1.93. The molecule has 2 aliphatic rings. The molecule has 2 saturated heterocycles. The quantitative estimate of drug-likeness (QED) is 0.784. The van der Waals surface area contributed by atoms with Crippen molar-refractivity contribution in [1.82, 2.24) is 15.3 Å². The number of ether oxygens (including phenoxy) is 2. The summed E-state index contributed by atoms with van der Waals surface area (Å²) in [5, 5.41) is 14.0. The molecule has 1 spiro atoms. The summed E-state index contributed by atoms with van der Waals surface area (Å²) in [6.45, 7) is 7.62. The van der Waals surface area contributed by atoms with Crippen molar-refractivity contribution in [3.63, 3.8) is 0 Å². The zero-order valence-electron chi connectivity index (χ0n) is 17.3. The molecular formula is C20H32N4O4. The molecule has 8 heteroatoms. The Morgan fingerprint density at radius 3 is 2.79 bits per heavy atom. The molecule has 0 radical (unpaired) electrons. The normalized spacial score (nSPS) is 27.1. The Balaban J connectivity index is 1.59. The molecule has 0 saturated carbocycles. The zero-order valence-corrected chi connectivity index (χ0v) is 17.3. The molecule has 156 valence electrons. The van der Waals surface area contributed by atoms with E-state index in [4.69, 9.17) is 9.47 Å². The first kappa shape index (κ1) is 20.8. The maximum absolute atomic E-state index is 12.1. The summed E-state index contributed by atoms with van der Waals surface area (Å²) >= 11 is 0. The Morgan fingerprint density at radius 2 is 2.18 bits per heavy atom. The van der Waals surface area contributed by atoms with Crippen LogP contribution < -0.4 is 15.0 Å². The Labute approximate surface area is 166 Å². The van der Waals surface area contributed by atoms with Crippen molar-refractivity contribution < 1.29 is 19.4 Å². The van der Waals surface area contributed by atoms with Crippen LogP contribution in [0.1, 0.15) is 46.5 Å². The molecule has 2 fully saturated rings. The summed E-state index contributed by atoms with van der Waals surface area (Å²) in [6, 6.07) is 1.34. The molecule has 0 unspecified atom stereocenters. The monoisotopic (exact) mass is 392 g/mol. The van der Waals surface area contributed by atoms with Gasteiger partial charge in [0, 0.05) is 38.2 Å². The van der Waals surface area contributed by atoms with Gasteiger partial charge in [-0.05, 0) is 25.7 Å². The zero-order chi connectivity index (χ0) is 20.4. The first-order valence-electron chi connectivity index (χ1n) is 10.0. The van der Waals surface area contributed by atoms with Crippen LogP contribution in [0.15, 0.2) is 12.3 Å². The number of nitrogens with zero attached hydrogens (tertiary/aromatic N) is 3. The highest BCUT2D eigenvalue weighted by molar-refractivity contribution is 5.76. The number of carbonyl (C=O) groups is 1. The van der Waals surface area contributed by atoms with Gasteiger partial charge < -0.3 is 24.8 Å². The summed E-state index contributed by atoms with van der Waals surface area (Å²) in [5.74, 6) is 1.44. The van der Waals surface area contributed by atoms with Crippen molar-refractivity contribution in [2.24, 2.45) is 5.92 Å². The van der Waals surface area contributed by atoms with Crippen molar-refractivity contribution in [1.29, 1.82) is 0 Å². The Morgan fingerprint density at radius 1 is 1.46 bits per heavy atom. The van der Waals surface area contributed by atoms with E-state index >= 15 is 0 Å². The molecule has 3 heterocycles. The summed E-state index contributed by atoms with van der Waals surface area (Å²) in [7, 11) is 1.59. The molecule has 1 aromatic rings. The highest BCUT2D eigenvalue weighted by atomic mass is 16.5. The van der Waals surface area contributed by atoms with Gasteiger partial charge in [-0.25, -0.2) is 4.98 Å². The van der Waals surface area contributed by atoms with Gasteiger partial charge in [0.15, 0.2) is 0 Å². The smallest absolute Gasteiger partial charge is 0.228 e. The van der Waals surface area contributed by atoms with Crippen LogP contribution >= 0.6 is 0 Å². The van der Waals surface area contributed by atoms with Gasteiger partial charge in [-0.1, -0.05) is 13.8 Å². The average molecular weight is 393 g/mol. The van der Waals surface area contributed by atoms with Gasteiger partial charge in [-0.2, -0.15) is 4.98 Å². The number of aromatic nitrogens is 2. The van der Waals surface area contributed by atoms with Gasteiger partial charge in [0.1, 0.15) is 0 Å². The minimum atomic E-state index is -1.00. The van der Waals surface area contributed by atoms with Crippen molar-refractivity contribution in [2.75, 3.05) is 31.7 Å². The minimum absolute atomic E-state index is 0.0372. The van der Waals surface area contributed by atoms with Gasteiger partial charge in [-0.3, -0.25) is 4.79 Å². The van der Waals surface area contributed by atoms with Crippen LogP contribution in [0.4, 0.5) is 5.95 Å². The number of hydrogen-bond donors (Lipinski definition) is 2. The lowest BCUT2D eigenvalue weighted by Gasteiger charge is -2.51. The first-order valence-corrected chi connectivity index (χ1v) is 10.0. The molecule has 28 heavy (non-hydrogen) atoms. The fraction of sp³-hybridized carbons (Fsp3) is 0.750. The number of nitrogens with one attached hydrogen (secondary N) is 1. The van der Waals surface area contributed by atoms with Crippen LogP contribution in [0.25, 0.3) is 0 Å². The van der Waals surface area contributed by atoms with Crippen molar-refractivity contribution >= 4 is 11.9 Å². The molecule has 3 rings (SSSR count). The van der Waals surface area contributed by atoms with Gasteiger partial charge in [0.05, 0.1) is 31.0 Å². The molecule has 2 N–H and O–H groups in total. The fourth-order valence-corrected chi connectivity index (χ4v) is 4.12. The first-order chi connectivity index (χ1) is 13.2. The van der Waals surface area contributed by atoms with Crippen LogP contribution in [0.2, 0.25) is 0 Å². The number of methoxy groups -OCH3 is 1. The third kappa shape index (κ3) is 4.72. The second-order valence-electron chi connectivity index (χ2n) is 8.63. The fourth-order valence-electron chi connectivity index (χ4n) is 4.12. The van der Waals surface area contributed by atoms with Crippen molar-refractivity contribution in [3.8, 4) is 5.88 Å². The van der Waals surface area contributed by atoms with Crippen LogP contribution in [-0.4, -0.2) is 65.0 Å². The maximum Gasteiger partial charge on any atom is 0.228 e. The Kier molecular flexibility index (Phi) is 6.09. The highest BCUT2D eigenvalue weighted by Crippen LogP contribution is 2.40. The number of aliphatic hydroxyl groups is 1. The minimum Gasteiger partial charge on any atom is -0.481 e. The topological polar surface area (TPSA) is 96.8 Å². The number of rotatable bonds is 5. The van der Waals surface area contributed by atoms with Crippen LogP contribution in [0.5, 0.6) is 5.88 Å². The molecule has 2 aliphatic heterocycles. The number of amides is 1. The molecule has 1 amide bonds.